The Labute approximate surface area is 166 Å². The van der Waals surface area contributed by atoms with Crippen LogP contribution >= 0.6 is 0 Å². The van der Waals surface area contributed by atoms with Crippen molar-refractivity contribution in [3.8, 4) is 22.5 Å². The minimum Gasteiger partial charge on any atom is -0.477 e. The van der Waals surface area contributed by atoms with Gasteiger partial charge < -0.3 is 10.1 Å². The van der Waals surface area contributed by atoms with Crippen LogP contribution < -0.4 is 0 Å². The van der Waals surface area contributed by atoms with Gasteiger partial charge in [-0.3, -0.25) is 10.1 Å². The number of H-pyrrole nitrogens is 1. The molecule has 3 aromatic carbocycles. The van der Waals surface area contributed by atoms with Gasteiger partial charge in [-0.1, -0.05) is 66.7 Å². The molecular formula is C22H17N3O4. The molecular weight excluding hydrogens is 370 g/mol. The lowest BCUT2D eigenvalue weighted by Gasteiger charge is -2.02. The summed E-state index contributed by atoms with van der Waals surface area (Å²) in [5, 5.41) is 19.8. The Morgan fingerprint density at radius 3 is 1.93 bits per heavy atom. The van der Waals surface area contributed by atoms with Crippen molar-refractivity contribution in [2.24, 2.45) is 0 Å². The van der Waals surface area contributed by atoms with E-state index in [-0.39, 0.29) is 17.0 Å². The Kier molecular flexibility index (Phi) is 6.12. The maximum Gasteiger partial charge on any atom is 0.342 e. The number of benzene rings is 3. The van der Waals surface area contributed by atoms with Gasteiger partial charge in [0, 0.05) is 12.4 Å². The third-order valence-corrected chi connectivity index (χ3v) is 4.08. The fourth-order valence-corrected chi connectivity index (χ4v) is 2.78. The van der Waals surface area contributed by atoms with Crippen LogP contribution in [0.25, 0.3) is 22.5 Å². The number of hydrogen-bond acceptors (Lipinski definition) is 4. The molecule has 0 bridgehead atoms. The van der Waals surface area contributed by atoms with Crippen LogP contribution in [0.5, 0.6) is 0 Å². The summed E-state index contributed by atoms with van der Waals surface area (Å²) in [5.74, 6) is -1.08. The molecule has 0 unspecified atom stereocenters. The Hall–Kier alpha value is -4.26. The van der Waals surface area contributed by atoms with E-state index in [0.29, 0.717) is 0 Å². The summed E-state index contributed by atoms with van der Waals surface area (Å²) in [4.78, 5) is 27.7. The molecule has 1 aromatic heterocycles. The molecule has 29 heavy (non-hydrogen) atoms. The molecule has 0 amide bonds. The van der Waals surface area contributed by atoms with Crippen LogP contribution in [0.3, 0.4) is 0 Å². The molecule has 0 saturated carbocycles. The Morgan fingerprint density at radius 2 is 1.48 bits per heavy atom. The predicted molar refractivity (Wildman–Crippen MR) is 110 cm³/mol. The van der Waals surface area contributed by atoms with E-state index in [0.717, 1.165) is 0 Å². The summed E-state index contributed by atoms with van der Waals surface area (Å²) in [6.07, 6.45) is 2.94. The highest BCUT2D eigenvalue weighted by Crippen LogP contribution is 2.30. The number of nitrogens with one attached hydrogen (secondary N) is 1. The molecule has 0 atom stereocenters. The first-order valence-electron chi connectivity index (χ1n) is 8.69. The van der Waals surface area contributed by atoms with Crippen molar-refractivity contribution >= 4 is 11.7 Å². The smallest absolute Gasteiger partial charge is 0.342 e. The quantitative estimate of drug-likeness (QED) is 0.377. The number of nitro benzene ring substituents is 1. The standard InChI is InChI=1S/C12H10.C10H7N3O4/c1-3-7-11(8-4-1)12-9-5-2-6-10-12;14-10(15)7-3-1-2-6(8(7)13(16)17)9-11-4-5-12-9/h1-10H;1-5H,(H,11,12)(H,14,15). The molecule has 4 aromatic rings. The number of nitro groups is 1. The number of aromatic amines is 1. The molecule has 0 fully saturated rings. The van der Waals surface area contributed by atoms with E-state index in [1.807, 2.05) is 12.1 Å². The monoisotopic (exact) mass is 387 g/mol. The summed E-state index contributed by atoms with van der Waals surface area (Å²) < 4.78 is 0. The number of aromatic carboxylic acids is 1. The van der Waals surface area contributed by atoms with Crippen LogP contribution in [0.15, 0.2) is 91.3 Å². The van der Waals surface area contributed by atoms with Gasteiger partial charge in [0.25, 0.3) is 5.69 Å². The highest BCUT2D eigenvalue weighted by atomic mass is 16.6. The van der Waals surface area contributed by atoms with Crippen molar-refractivity contribution in [3.05, 3.63) is 107 Å². The molecule has 0 spiro atoms. The highest BCUT2D eigenvalue weighted by molar-refractivity contribution is 5.95. The highest BCUT2D eigenvalue weighted by Gasteiger charge is 2.25. The summed E-state index contributed by atoms with van der Waals surface area (Å²) in [6, 6.07) is 24.9. The molecule has 0 aliphatic rings. The molecule has 0 saturated heterocycles. The van der Waals surface area contributed by atoms with Crippen molar-refractivity contribution < 1.29 is 14.8 Å². The van der Waals surface area contributed by atoms with Crippen LogP contribution in [-0.2, 0) is 0 Å². The largest absolute Gasteiger partial charge is 0.477 e. The maximum atomic E-state index is 10.9. The number of rotatable bonds is 4. The number of aromatic nitrogens is 2. The number of imidazole rings is 1. The van der Waals surface area contributed by atoms with E-state index in [1.165, 1.54) is 41.7 Å². The second-order valence-electron chi connectivity index (χ2n) is 5.93. The van der Waals surface area contributed by atoms with Gasteiger partial charge >= 0.3 is 5.97 Å². The summed E-state index contributed by atoms with van der Waals surface area (Å²) in [5.41, 5.74) is 1.88. The van der Waals surface area contributed by atoms with E-state index in [9.17, 15) is 14.9 Å². The van der Waals surface area contributed by atoms with E-state index < -0.39 is 16.6 Å². The van der Waals surface area contributed by atoms with Gasteiger partial charge in [-0.15, -0.1) is 0 Å². The van der Waals surface area contributed by atoms with E-state index >= 15 is 0 Å². The average Bonchev–Trinajstić information content (AvgIpc) is 3.29. The summed E-state index contributed by atoms with van der Waals surface area (Å²) in [6.45, 7) is 0. The number of carboxylic acid groups (broad SMARTS) is 1. The molecule has 0 radical (unpaired) electrons. The number of nitrogens with zero attached hydrogens (tertiary/aromatic N) is 2. The van der Waals surface area contributed by atoms with E-state index in [4.69, 9.17) is 5.11 Å². The second kappa shape index (κ2) is 9.09. The van der Waals surface area contributed by atoms with Crippen molar-refractivity contribution in [1.29, 1.82) is 0 Å². The SMILES string of the molecule is O=C(O)c1cccc(-c2ncc[nH]2)c1[N+](=O)[O-].c1ccc(-c2ccccc2)cc1. The van der Waals surface area contributed by atoms with E-state index in [2.05, 4.69) is 58.5 Å². The van der Waals surface area contributed by atoms with Gasteiger partial charge in [0.1, 0.15) is 11.4 Å². The molecule has 2 N–H and O–H groups in total. The molecule has 144 valence electrons. The van der Waals surface area contributed by atoms with Gasteiger partial charge in [-0.2, -0.15) is 0 Å². The lowest BCUT2D eigenvalue weighted by atomic mass is 10.1. The molecule has 4 rings (SSSR count). The Morgan fingerprint density at radius 1 is 0.897 bits per heavy atom. The van der Waals surface area contributed by atoms with Crippen molar-refractivity contribution in [2.75, 3.05) is 0 Å². The zero-order valence-corrected chi connectivity index (χ0v) is 15.2. The molecule has 7 heteroatoms. The molecule has 0 aliphatic carbocycles. The number of carbonyl (C=O) groups is 1. The number of para-hydroxylation sites is 1. The summed E-state index contributed by atoms with van der Waals surface area (Å²) >= 11 is 0. The molecule has 1 heterocycles. The van der Waals surface area contributed by atoms with Gasteiger partial charge in [-0.05, 0) is 23.3 Å². The Bertz CT molecular complexity index is 1060. The van der Waals surface area contributed by atoms with Crippen LogP contribution in [0.2, 0.25) is 0 Å². The third-order valence-electron chi connectivity index (χ3n) is 4.08. The number of carboxylic acids is 1. The fraction of sp³-hybridized carbons (Fsp3) is 0. The van der Waals surface area contributed by atoms with E-state index in [1.54, 1.807) is 0 Å². The van der Waals surface area contributed by atoms with Gasteiger partial charge in [-0.25, -0.2) is 9.78 Å². The van der Waals surface area contributed by atoms with Gasteiger partial charge in [0.2, 0.25) is 0 Å². The third kappa shape index (κ3) is 4.72. The normalized spacial score (nSPS) is 9.93. The first-order chi connectivity index (χ1) is 14.1. The minimum absolute atomic E-state index is 0.153. The average molecular weight is 387 g/mol. The summed E-state index contributed by atoms with van der Waals surface area (Å²) in [7, 11) is 0. The van der Waals surface area contributed by atoms with Crippen LogP contribution in [0.4, 0.5) is 5.69 Å². The zero-order chi connectivity index (χ0) is 20.6. The zero-order valence-electron chi connectivity index (χ0n) is 15.2. The van der Waals surface area contributed by atoms with Crippen LogP contribution in [-0.4, -0.2) is 26.0 Å². The fourth-order valence-electron chi connectivity index (χ4n) is 2.78. The lowest BCUT2D eigenvalue weighted by Crippen LogP contribution is -2.04. The first kappa shape index (κ1) is 19.5. The Balaban J connectivity index is 0.000000176. The minimum atomic E-state index is -1.34. The van der Waals surface area contributed by atoms with Crippen LogP contribution in [0.1, 0.15) is 10.4 Å². The lowest BCUT2D eigenvalue weighted by molar-refractivity contribution is -0.384. The van der Waals surface area contributed by atoms with Crippen molar-refractivity contribution in [1.82, 2.24) is 9.97 Å². The first-order valence-corrected chi connectivity index (χ1v) is 8.69. The van der Waals surface area contributed by atoms with Crippen LogP contribution in [0, 0.1) is 10.1 Å². The van der Waals surface area contributed by atoms with Gasteiger partial charge in [0.15, 0.2) is 0 Å². The van der Waals surface area contributed by atoms with Gasteiger partial charge in [0.05, 0.1) is 10.5 Å². The van der Waals surface area contributed by atoms with Crippen molar-refractivity contribution in [3.63, 3.8) is 0 Å². The maximum absolute atomic E-state index is 10.9. The predicted octanol–water partition coefficient (Wildman–Crippen LogP) is 5.04. The molecule has 7 nitrogen and oxygen atoms in total. The number of hydrogen-bond donors (Lipinski definition) is 2. The molecule has 0 aliphatic heterocycles. The van der Waals surface area contributed by atoms with Crippen molar-refractivity contribution in [2.45, 2.75) is 0 Å². The second-order valence-corrected chi connectivity index (χ2v) is 5.93. The topological polar surface area (TPSA) is 109 Å².